The standard InChI is InChI=1S/C21H27NO2/c1-13(2)18-9-7-15(4)12-20(18)24-17(6)21(23)22-19-10-8-14(3)11-16(19)5/h7-13,17H,1-6H3,(H,22,23)/t17-/m1/s1. The average molecular weight is 325 g/mol. The third kappa shape index (κ3) is 4.38. The second kappa shape index (κ2) is 7.52. The highest BCUT2D eigenvalue weighted by Crippen LogP contribution is 2.28. The minimum absolute atomic E-state index is 0.141. The van der Waals surface area contributed by atoms with Gasteiger partial charge in [-0.2, -0.15) is 0 Å². The summed E-state index contributed by atoms with van der Waals surface area (Å²) in [5.74, 6) is 0.988. The highest BCUT2D eigenvalue weighted by Gasteiger charge is 2.18. The molecule has 1 amide bonds. The maximum Gasteiger partial charge on any atom is 0.265 e. The molecule has 3 heteroatoms. The molecule has 2 aromatic carbocycles. The highest BCUT2D eigenvalue weighted by atomic mass is 16.5. The van der Waals surface area contributed by atoms with Gasteiger partial charge in [-0.3, -0.25) is 4.79 Å². The summed E-state index contributed by atoms with van der Waals surface area (Å²) in [6.45, 7) is 12.1. The van der Waals surface area contributed by atoms with Crippen molar-refractivity contribution in [2.45, 2.75) is 53.6 Å². The molecule has 0 unspecified atom stereocenters. The quantitative estimate of drug-likeness (QED) is 0.826. The van der Waals surface area contributed by atoms with Gasteiger partial charge in [0.2, 0.25) is 0 Å². The van der Waals surface area contributed by atoms with Gasteiger partial charge >= 0.3 is 0 Å². The van der Waals surface area contributed by atoms with E-state index in [-0.39, 0.29) is 5.91 Å². The van der Waals surface area contributed by atoms with Crippen molar-refractivity contribution in [1.82, 2.24) is 0 Å². The first-order chi connectivity index (χ1) is 11.3. The lowest BCUT2D eigenvalue weighted by Crippen LogP contribution is -2.30. The van der Waals surface area contributed by atoms with Crippen LogP contribution in [0.15, 0.2) is 36.4 Å². The third-order valence-electron chi connectivity index (χ3n) is 4.10. The van der Waals surface area contributed by atoms with Crippen LogP contribution in [-0.4, -0.2) is 12.0 Å². The van der Waals surface area contributed by atoms with Crippen LogP contribution in [0.4, 0.5) is 5.69 Å². The van der Waals surface area contributed by atoms with Gasteiger partial charge in [-0.05, 0) is 62.4 Å². The highest BCUT2D eigenvalue weighted by molar-refractivity contribution is 5.94. The number of hydrogen-bond donors (Lipinski definition) is 1. The summed E-state index contributed by atoms with van der Waals surface area (Å²) in [5, 5.41) is 2.96. The van der Waals surface area contributed by atoms with Crippen LogP contribution in [0.1, 0.15) is 48.9 Å². The van der Waals surface area contributed by atoms with E-state index in [9.17, 15) is 4.79 Å². The van der Waals surface area contributed by atoms with Gasteiger partial charge in [0.05, 0.1) is 0 Å². The molecule has 0 bridgehead atoms. The zero-order valence-electron chi connectivity index (χ0n) is 15.4. The first-order valence-electron chi connectivity index (χ1n) is 8.43. The predicted octanol–water partition coefficient (Wildman–Crippen LogP) is 5.14. The predicted molar refractivity (Wildman–Crippen MR) is 99.9 cm³/mol. The van der Waals surface area contributed by atoms with Crippen LogP contribution >= 0.6 is 0 Å². The molecule has 0 aliphatic rings. The van der Waals surface area contributed by atoms with Crippen molar-refractivity contribution in [2.75, 3.05) is 5.32 Å². The molecule has 0 radical (unpaired) electrons. The Bertz CT molecular complexity index is 735. The van der Waals surface area contributed by atoms with Crippen molar-refractivity contribution in [3.8, 4) is 5.75 Å². The molecular weight excluding hydrogens is 298 g/mol. The van der Waals surface area contributed by atoms with Gasteiger partial charge in [-0.25, -0.2) is 0 Å². The summed E-state index contributed by atoms with van der Waals surface area (Å²) in [7, 11) is 0. The van der Waals surface area contributed by atoms with E-state index < -0.39 is 6.10 Å². The summed E-state index contributed by atoms with van der Waals surface area (Å²) < 4.78 is 5.97. The number of benzene rings is 2. The molecule has 0 saturated heterocycles. The molecule has 3 nitrogen and oxygen atoms in total. The van der Waals surface area contributed by atoms with E-state index in [1.165, 1.54) is 5.56 Å². The Balaban J connectivity index is 2.13. The van der Waals surface area contributed by atoms with Crippen molar-refractivity contribution < 1.29 is 9.53 Å². The largest absolute Gasteiger partial charge is 0.481 e. The van der Waals surface area contributed by atoms with E-state index in [0.29, 0.717) is 5.92 Å². The molecule has 0 aliphatic heterocycles. The van der Waals surface area contributed by atoms with Crippen LogP contribution in [0.25, 0.3) is 0 Å². The lowest BCUT2D eigenvalue weighted by Gasteiger charge is -2.20. The number of nitrogens with one attached hydrogen (secondary N) is 1. The van der Waals surface area contributed by atoms with Gasteiger partial charge in [0.1, 0.15) is 5.75 Å². The zero-order valence-corrected chi connectivity index (χ0v) is 15.4. The summed E-state index contributed by atoms with van der Waals surface area (Å²) in [5.41, 5.74) is 5.29. The van der Waals surface area contributed by atoms with Gasteiger partial charge in [-0.1, -0.05) is 43.7 Å². The van der Waals surface area contributed by atoms with Crippen molar-refractivity contribution in [3.05, 3.63) is 58.7 Å². The zero-order chi connectivity index (χ0) is 17.9. The first kappa shape index (κ1) is 18.1. The number of amides is 1. The monoisotopic (exact) mass is 325 g/mol. The SMILES string of the molecule is Cc1ccc(NC(=O)[C@@H](C)Oc2cc(C)ccc2C(C)C)c(C)c1. The van der Waals surface area contributed by atoms with Gasteiger partial charge < -0.3 is 10.1 Å². The molecule has 0 fully saturated rings. The summed E-state index contributed by atoms with van der Waals surface area (Å²) in [4.78, 5) is 12.5. The summed E-state index contributed by atoms with van der Waals surface area (Å²) >= 11 is 0. The van der Waals surface area contributed by atoms with Crippen LogP contribution < -0.4 is 10.1 Å². The lowest BCUT2D eigenvalue weighted by atomic mass is 10.0. The van der Waals surface area contributed by atoms with Gasteiger partial charge in [0.25, 0.3) is 5.91 Å². The molecule has 0 heterocycles. The number of rotatable bonds is 5. The minimum atomic E-state index is -0.565. The number of anilines is 1. The van der Waals surface area contributed by atoms with Gasteiger partial charge in [-0.15, -0.1) is 0 Å². The topological polar surface area (TPSA) is 38.3 Å². The number of ether oxygens (including phenoxy) is 1. The number of carbonyl (C=O) groups is 1. The number of carbonyl (C=O) groups excluding carboxylic acids is 1. The van der Waals surface area contributed by atoms with Crippen LogP contribution in [0, 0.1) is 20.8 Å². The Morgan fingerprint density at radius 3 is 2.21 bits per heavy atom. The molecule has 2 rings (SSSR count). The molecule has 1 N–H and O–H groups in total. The van der Waals surface area contributed by atoms with Gasteiger partial charge in [0, 0.05) is 5.69 Å². The van der Waals surface area contributed by atoms with Crippen molar-refractivity contribution in [1.29, 1.82) is 0 Å². The summed E-state index contributed by atoms with van der Waals surface area (Å²) in [6.07, 6.45) is -0.565. The van der Waals surface area contributed by atoms with E-state index in [1.54, 1.807) is 6.92 Å². The fourth-order valence-electron chi connectivity index (χ4n) is 2.65. The Morgan fingerprint density at radius 1 is 0.958 bits per heavy atom. The van der Waals surface area contributed by atoms with E-state index in [0.717, 1.165) is 28.1 Å². The third-order valence-corrected chi connectivity index (χ3v) is 4.10. The van der Waals surface area contributed by atoms with E-state index in [1.807, 2.05) is 39.0 Å². The Hall–Kier alpha value is -2.29. The van der Waals surface area contributed by atoms with E-state index >= 15 is 0 Å². The molecule has 0 spiro atoms. The van der Waals surface area contributed by atoms with Crippen LogP contribution in [-0.2, 0) is 4.79 Å². The normalized spacial score (nSPS) is 12.1. The minimum Gasteiger partial charge on any atom is -0.481 e. The molecule has 0 aliphatic carbocycles. The van der Waals surface area contributed by atoms with Crippen LogP contribution in [0.2, 0.25) is 0 Å². The molecule has 24 heavy (non-hydrogen) atoms. The second-order valence-corrected chi connectivity index (χ2v) is 6.76. The smallest absolute Gasteiger partial charge is 0.265 e. The molecule has 128 valence electrons. The van der Waals surface area contributed by atoms with Crippen molar-refractivity contribution in [3.63, 3.8) is 0 Å². The molecule has 0 saturated carbocycles. The van der Waals surface area contributed by atoms with E-state index in [4.69, 9.17) is 4.74 Å². The second-order valence-electron chi connectivity index (χ2n) is 6.76. The van der Waals surface area contributed by atoms with E-state index in [2.05, 4.69) is 37.4 Å². The van der Waals surface area contributed by atoms with Crippen molar-refractivity contribution >= 4 is 11.6 Å². The molecule has 1 atom stereocenters. The Kier molecular flexibility index (Phi) is 5.66. The lowest BCUT2D eigenvalue weighted by molar-refractivity contribution is -0.122. The fourth-order valence-corrected chi connectivity index (χ4v) is 2.65. The van der Waals surface area contributed by atoms with Crippen molar-refractivity contribution in [2.24, 2.45) is 0 Å². The molecule has 0 aromatic heterocycles. The van der Waals surface area contributed by atoms with Crippen LogP contribution in [0.3, 0.4) is 0 Å². The maximum atomic E-state index is 12.5. The fraction of sp³-hybridized carbons (Fsp3) is 0.381. The average Bonchev–Trinajstić information content (AvgIpc) is 2.49. The van der Waals surface area contributed by atoms with Gasteiger partial charge in [0.15, 0.2) is 6.10 Å². The maximum absolute atomic E-state index is 12.5. The van der Waals surface area contributed by atoms with Crippen LogP contribution in [0.5, 0.6) is 5.75 Å². The summed E-state index contributed by atoms with van der Waals surface area (Å²) in [6, 6.07) is 12.1. The Labute approximate surface area is 145 Å². The molecule has 2 aromatic rings. The number of hydrogen-bond acceptors (Lipinski definition) is 2. The number of aryl methyl sites for hydroxylation is 3. The molecular formula is C21H27NO2. The Morgan fingerprint density at radius 2 is 1.58 bits per heavy atom. The first-order valence-corrected chi connectivity index (χ1v) is 8.43.